The number of amides is 2. The molecule has 152 valence electrons. The topological polar surface area (TPSA) is 67.9 Å². The van der Waals surface area contributed by atoms with Crippen molar-refractivity contribution in [3.05, 3.63) is 52.8 Å². The Balaban J connectivity index is 1.33. The van der Waals surface area contributed by atoms with E-state index < -0.39 is 11.7 Å². The molecule has 0 spiro atoms. The summed E-state index contributed by atoms with van der Waals surface area (Å²) in [7, 11) is 0. The molecule has 2 aliphatic heterocycles. The molecule has 2 heterocycles. The summed E-state index contributed by atoms with van der Waals surface area (Å²) in [6.07, 6.45) is 0.621. The number of fused-ring (bicyclic) bond motifs is 1. The number of para-hydroxylation sites is 1. The SMILES string of the molecule is O=C(NCCc1cc(Cl)c2c(c1)OCCO2)[C@H]1CC(=O)N(c2ccccc2F)C1. The molecule has 0 radical (unpaired) electrons. The summed E-state index contributed by atoms with van der Waals surface area (Å²) in [6.45, 7) is 1.49. The maximum atomic E-state index is 14.0. The fraction of sp³-hybridized carbons (Fsp3) is 0.333. The third-order valence-electron chi connectivity index (χ3n) is 5.01. The van der Waals surface area contributed by atoms with Crippen molar-refractivity contribution in [1.29, 1.82) is 0 Å². The van der Waals surface area contributed by atoms with Gasteiger partial charge < -0.3 is 19.7 Å². The van der Waals surface area contributed by atoms with Gasteiger partial charge in [0, 0.05) is 19.5 Å². The van der Waals surface area contributed by atoms with Gasteiger partial charge in [-0.15, -0.1) is 0 Å². The predicted octanol–water partition coefficient (Wildman–Crippen LogP) is 2.96. The van der Waals surface area contributed by atoms with Gasteiger partial charge in [-0.2, -0.15) is 0 Å². The molecule has 0 aliphatic carbocycles. The molecule has 6 nitrogen and oxygen atoms in total. The second-order valence-electron chi connectivity index (χ2n) is 7.00. The molecular weight excluding hydrogens is 399 g/mol. The van der Waals surface area contributed by atoms with E-state index in [0.29, 0.717) is 42.7 Å². The number of benzene rings is 2. The largest absolute Gasteiger partial charge is 0.486 e. The van der Waals surface area contributed by atoms with Crippen LogP contribution >= 0.6 is 11.6 Å². The molecule has 2 aliphatic rings. The fourth-order valence-electron chi connectivity index (χ4n) is 3.57. The van der Waals surface area contributed by atoms with E-state index in [2.05, 4.69) is 5.32 Å². The molecule has 8 heteroatoms. The van der Waals surface area contributed by atoms with Crippen molar-refractivity contribution in [2.24, 2.45) is 5.92 Å². The van der Waals surface area contributed by atoms with Crippen molar-refractivity contribution in [2.45, 2.75) is 12.8 Å². The molecule has 1 saturated heterocycles. The molecule has 2 aromatic rings. The summed E-state index contributed by atoms with van der Waals surface area (Å²) in [6, 6.07) is 9.71. The summed E-state index contributed by atoms with van der Waals surface area (Å²) < 4.78 is 25.0. The van der Waals surface area contributed by atoms with E-state index in [1.54, 1.807) is 24.3 Å². The maximum absolute atomic E-state index is 14.0. The van der Waals surface area contributed by atoms with Crippen LogP contribution in [0.5, 0.6) is 11.5 Å². The minimum absolute atomic E-state index is 0.0655. The molecule has 1 N–H and O–H groups in total. The first kappa shape index (κ1) is 19.5. The van der Waals surface area contributed by atoms with Gasteiger partial charge in [0.1, 0.15) is 19.0 Å². The normalized spacial score (nSPS) is 18.1. The zero-order valence-electron chi connectivity index (χ0n) is 15.6. The van der Waals surface area contributed by atoms with Gasteiger partial charge in [-0.3, -0.25) is 9.59 Å². The highest BCUT2D eigenvalue weighted by atomic mass is 35.5. The van der Waals surface area contributed by atoms with E-state index in [4.69, 9.17) is 21.1 Å². The first-order chi connectivity index (χ1) is 14.0. The number of nitrogens with zero attached hydrogens (tertiary/aromatic N) is 1. The predicted molar refractivity (Wildman–Crippen MR) is 106 cm³/mol. The lowest BCUT2D eigenvalue weighted by molar-refractivity contribution is -0.126. The van der Waals surface area contributed by atoms with E-state index in [-0.39, 0.29) is 30.5 Å². The molecule has 0 unspecified atom stereocenters. The zero-order valence-corrected chi connectivity index (χ0v) is 16.4. The van der Waals surface area contributed by atoms with Crippen LogP contribution in [0.1, 0.15) is 12.0 Å². The van der Waals surface area contributed by atoms with Crippen molar-refractivity contribution in [3.63, 3.8) is 0 Å². The Hall–Kier alpha value is -2.80. The molecule has 2 amide bonds. The van der Waals surface area contributed by atoms with Crippen molar-refractivity contribution in [1.82, 2.24) is 5.32 Å². The number of hydrogen-bond acceptors (Lipinski definition) is 4. The Bertz CT molecular complexity index is 952. The highest BCUT2D eigenvalue weighted by Gasteiger charge is 2.35. The highest BCUT2D eigenvalue weighted by Crippen LogP contribution is 2.38. The molecule has 0 saturated carbocycles. The molecular formula is C21H20ClFN2O4. The van der Waals surface area contributed by atoms with Gasteiger partial charge in [-0.05, 0) is 36.2 Å². The van der Waals surface area contributed by atoms with Crippen molar-refractivity contribution in [3.8, 4) is 11.5 Å². The van der Waals surface area contributed by atoms with Crippen LogP contribution in [0.15, 0.2) is 36.4 Å². The number of nitrogens with one attached hydrogen (secondary N) is 1. The molecule has 2 aromatic carbocycles. The van der Waals surface area contributed by atoms with Crippen LogP contribution in [0.4, 0.5) is 10.1 Å². The first-order valence-corrected chi connectivity index (χ1v) is 9.81. The quantitative estimate of drug-likeness (QED) is 0.810. The van der Waals surface area contributed by atoms with E-state index >= 15 is 0 Å². The van der Waals surface area contributed by atoms with E-state index in [1.165, 1.54) is 11.0 Å². The maximum Gasteiger partial charge on any atom is 0.227 e. The van der Waals surface area contributed by atoms with E-state index in [1.807, 2.05) is 6.07 Å². The average molecular weight is 419 g/mol. The van der Waals surface area contributed by atoms with Gasteiger partial charge in [0.25, 0.3) is 0 Å². The number of halogens is 2. The van der Waals surface area contributed by atoms with Gasteiger partial charge in [-0.25, -0.2) is 4.39 Å². The monoisotopic (exact) mass is 418 g/mol. The lowest BCUT2D eigenvalue weighted by Crippen LogP contribution is -2.34. The number of hydrogen-bond donors (Lipinski definition) is 1. The lowest BCUT2D eigenvalue weighted by atomic mass is 10.1. The summed E-state index contributed by atoms with van der Waals surface area (Å²) >= 11 is 6.23. The van der Waals surface area contributed by atoms with E-state index in [0.717, 1.165) is 5.56 Å². The van der Waals surface area contributed by atoms with Crippen LogP contribution in [0.25, 0.3) is 0 Å². The summed E-state index contributed by atoms with van der Waals surface area (Å²) in [5.41, 5.74) is 1.12. The smallest absolute Gasteiger partial charge is 0.227 e. The second kappa shape index (κ2) is 8.29. The first-order valence-electron chi connectivity index (χ1n) is 9.43. The van der Waals surface area contributed by atoms with Crippen LogP contribution < -0.4 is 19.7 Å². The molecule has 1 fully saturated rings. The van der Waals surface area contributed by atoms with Crippen LogP contribution in [0.2, 0.25) is 5.02 Å². The lowest BCUT2D eigenvalue weighted by Gasteiger charge is -2.20. The number of carbonyl (C=O) groups is 2. The van der Waals surface area contributed by atoms with Gasteiger partial charge >= 0.3 is 0 Å². The second-order valence-corrected chi connectivity index (χ2v) is 7.41. The molecule has 29 heavy (non-hydrogen) atoms. The molecule has 1 atom stereocenters. The van der Waals surface area contributed by atoms with Crippen LogP contribution in [0.3, 0.4) is 0 Å². The van der Waals surface area contributed by atoms with Gasteiger partial charge in [-0.1, -0.05) is 23.7 Å². The van der Waals surface area contributed by atoms with Crippen molar-refractivity contribution in [2.75, 3.05) is 31.2 Å². The fourth-order valence-corrected chi connectivity index (χ4v) is 3.86. The minimum atomic E-state index is -0.508. The molecule has 0 bridgehead atoms. The molecule has 0 aromatic heterocycles. The van der Waals surface area contributed by atoms with Crippen LogP contribution in [-0.2, 0) is 16.0 Å². The van der Waals surface area contributed by atoms with Crippen LogP contribution in [-0.4, -0.2) is 38.1 Å². The Morgan fingerprint density at radius 2 is 2.03 bits per heavy atom. The van der Waals surface area contributed by atoms with Gasteiger partial charge in [0.05, 0.1) is 16.6 Å². The molecule has 4 rings (SSSR count). The van der Waals surface area contributed by atoms with Gasteiger partial charge in [0.15, 0.2) is 11.5 Å². The Morgan fingerprint density at radius 3 is 2.86 bits per heavy atom. The number of rotatable bonds is 5. The van der Waals surface area contributed by atoms with Gasteiger partial charge in [0.2, 0.25) is 11.8 Å². The highest BCUT2D eigenvalue weighted by molar-refractivity contribution is 6.32. The average Bonchev–Trinajstić information content (AvgIpc) is 3.10. The number of anilines is 1. The third kappa shape index (κ3) is 4.15. The Labute approximate surface area is 172 Å². The van der Waals surface area contributed by atoms with Crippen molar-refractivity contribution >= 4 is 29.1 Å². The third-order valence-corrected chi connectivity index (χ3v) is 5.29. The van der Waals surface area contributed by atoms with Crippen LogP contribution in [0, 0.1) is 11.7 Å². The Morgan fingerprint density at radius 1 is 1.24 bits per heavy atom. The zero-order chi connectivity index (χ0) is 20.4. The summed E-state index contributed by atoms with van der Waals surface area (Å²) in [5, 5.41) is 3.33. The summed E-state index contributed by atoms with van der Waals surface area (Å²) in [5.74, 6) is -0.312. The number of ether oxygens (including phenoxy) is 2. The number of carbonyl (C=O) groups excluding carboxylic acids is 2. The Kier molecular flexibility index (Phi) is 5.58. The summed E-state index contributed by atoms with van der Waals surface area (Å²) in [4.78, 5) is 26.1. The van der Waals surface area contributed by atoms with E-state index in [9.17, 15) is 14.0 Å². The minimum Gasteiger partial charge on any atom is -0.486 e. The van der Waals surface area contributed by atoms with Crippen molar-refractivity contribution < 1.29 is 23.5 Å². The standard InChI is InChI=1S/C21H20ClFN2O4/c22-15-9-13(10-18-20(15)29-8-7-28-18)5-6-24-21(27)14-11-19(26)25(12-14)17-4-2-1-3-16(17)23/h1-4,9-10,14H,5-8,11-12H2,(H,24,27)/t14-/m0/s1.